The van der Waals surface area contributed by atoms with Crippen LogP contribution < -0.4 is 0 Å². The first kappa shape index (κ1) is 14.3. The molecule has 1 heterocycles. The first-order valence-electron chi connectivity index (χ1n) is 5.94. The van der Waals surface area contributed by atoms with Crippen molar-refractivity contribution in [3.8, 4) is 11.8 Å². The summed E-state index contributed by atoms with van der Waals surface area (Å²) in [5.41, 5.74) is 0.588. The van der Waals surface area contributed by atoms with Crippen LogP contribution in [0.2, 0.25) is 0 Å². The molecule has 0 amide bonds. The van der Waals surface area contributed by atoms with Crippen LogP contribution in [-0.2, 0) is 0 Å². The Balaban J connectivity index is 2.46. The highest BCUT2D eigenvalue weighted by molar-refractivity contribution is 8.17. The maximum absolute atomic E-state index is 3.41. The summed E-state index contributed by atoms with van der Waals surface area (Å²) in [5.74, 6) is 10.1. The second-order valence-corrected chi connectivity index (χ2v) is 9.16. The molecule has 0 unspecified atom stereocenters. The Morgan fingerprint density at radius 1 is 0.938 bits per heavy atom. The van der Waals surface area contributed by atoms with Crippen LogP contribution in [0.4, 0.5) is 0 Å². The Hall–Kier alpha value is 0.260. The fourth-order valence-corrected chi connectivity index (χ4v) is 4.70. The van der Waals surface area contributed by atoms with Gasteiger partial charge in [0.2, 0.25) is 0 Å². The maximum atomic E-state index is 3.41. The van der Waals surface area contributed by atoms with Gasteiger partial charge in [-0.2, -0.15) is 0 Å². The molecule has 2 heteroatoms. The highest BCUT2D eigenvalue weighted by Gasteiger charge is 2.29. The van der Waals surface area contributed by atoms with E-state index in [0.29, 0.717) is 10.00 Å². The van der Waals surface area contributed by atoms with Gasteiger partial charge in [-0.25, -0.2) is 0 Å². The van der Waals surface area contributed by atoms with E-state index in [1.54, 1.807) is 0 Å². The van der Waals surface area contributed by atoms with Crippen molar-refractivity contribution in [3.63, 3.8) is 0 Å². The van der Waals surface area contributed by atoms with Crippen molar-refractivity contribution >= 4 is 23.5 Å². The van der Waals surface area contributed by atoms with Gasteiger partial charge in [0.15, 0.2) is 0 Å². The molecule has 0 aromatic carbocycles. The van der Waals surface area contributed by atoms with Crippen molar-refractivity contribution in [2.75, 3.05) is 11.5 Å². The van der Waals surface area contributed by atoms with E-state index in [2.05, 4.69) is 53.4 Å². The van der Waals surface area contributed by atoms with Crippen molar-refractivity contribution in [2.24, 2.45) is 16.7 Å². The zero-order valence-corrected chi connectivity index (χ0v) is 13.0. The summed E-state index contributed by atoms with van der Waals surface area (Å²) in [5, 5.41) is 0. The summed E-state index contributed by atoms with van der Waals surface area (Å²) < 4.78 is 0.498. The molecule has 1 rings (SSSR count). The van der Waals surface area contributed by atoms with Crippen LogP contribution >= 0.6 is 23.5 Å². The second kappa shape index (κ2) is 5.27. The van der Waals surface area contributed by atoms with Gasteiger partial charge in [0.05, 0.1) is 0 Å². The van der Waals surface area contributed by atoms with Crippen LogP contribution in [0.1, 0.15) is 41.5 Å². The van der Waals surface area contributed by atoms with Gasteiger partial charge in [-0.3, -0.25) is 0 Å². The summed E-state index contributed by atoms with van der Waals surface area (Å²) in [6.07, 6.45) is 0. The Bertz CT molecular complexity index is 275. The quantitative estimate of drug-likeness (QED) is 0.585. The second-order valence-electron chi connectivity index (χ2n) is 6.58. The molecule has 0 nitrogen and oxygen atoms in total. The molecular weight excluding hydrogens is 232 g/mol. The molecule has 1 saturated heterocycles. The van der Waals surface area contributed by atoms with Crippen LogP contribution in [-0.4, -0.2) is 16.1 Å². The van der Waals surface area contributed by atoms with Crippen molar-refractivity contribution in [1.82, 2.24) is 0 Å². The molecule has 0 bridgehead atoms. The summed E-state index contributed by atoms with van der Waals surface area (Å²) in [6, 6.07) is 0. The molecule has 0 atom stereocenters. The summed E-state index contributed by atoms with van der Waals surface area (Å²) >= 11 is 4.06. The third-order valence-corrected chi connectivity index (χ3v) is 5.53. The van der Waals surface area contributed by atoms with E-state index in [0.717, 1.165) is 5.92 Å². The fraction of sp³-hybridized carbons (Fsp3) is 0.857. The van der Waals surface area contributed by atoms with E-state index >= 15 is 0 Å². The minimum Gasteiger partial charge on any atom is -0.134 e. The van der Waals surface area contributed by atoms with Crippen LogP contribution in [0, 0.1) is 28.6 Å². The van der Waals surface area contributed by atoms with Crippen molar-refractivity contribution in [1.29, 1.82) is 0 Å². The summed E-state index contributed by atoms with van der Waals surface area (Å²) in [7, 11) is 0. The molecule has 0 saturated carbocycles. The van der Waals surface area contributed by atoms with Crippen LogP contribution in [0.15, 0.2) is 0 Å². The van der Waals surface area contributed by atoms with Crippen LogP contribution in [0.5, 0.6) is 0 Å². The molecule has 0 aromatic heterocycles. The fourth-order valence-electron chi connectivity index (χ4n) is 1.36. The highest BCUT2D eigenvalue weighted by Crippen LogP contribution is 2.40. The number of hydrogen-bond acceptors (Lipinski definition) is 2. The summed E-state index contributed by atoms with van der Waals surface area (Å²) in [6.45, 7) is 13.6. The normalized spacial score (nSPS) is 27.1. The highest BCUT2D eigenvalue weighted by atomic mass is 32.2. The lowest BCUT2D eigenvalue weighted by Gasteiger charge is -2.34. The third-order valence-electron chi connectivity index (χ3n) is 2.69. The molecule has 1 aliphatic heterocycles. The minimum absolute atomic E-state index is 0.141. The van der Waals surface area contributed by atoms with E-state index in [9.17, 15) is 0 Å². The van der Waals surface area contributed by atoms with E-state index in [4.69, 9.17) is 0 Å². The lowest BCUT2D eigenvalue weighted by Crippen LogP contribution is -2.29. The summed E-state index contributed by atoms with van der Waals surface area (Å²) in [4.78, 5) is 0. The molecule has 0 radical (unpaired) electrons. The Morgan fingerprint density at radius 3 is 1.81 bits per heavy atom. The van der Waals surface area contributed by atoms with Gasteiger partial charge in [-0.1, -0.05) is 32.6 Å². The molecule has 0 spiro atoms. The monoisotopic (exact) mass is 256 g/mol. The topological polar surface area (TPSA) is 0 Å². The van der Waals surface area contributed by atoms with E-state index in [1.165, 1.54) is 11.5 Å². The molecule has 1 fully saturated rings. The number of rotatable bonds is 0. The van der Waals surface area contributed by atoms with Gasteiger partial charge in [0, 0.05) is 5.41 Å². The molecule has 0 aliphatic carbocycles. The Kier molecular flexibility index (Phi) is 4.72. The first-order chi connectivity index (χ1) is 7.18. The number of hydrogen-bond donors (Lipinski definition) is 0. The van der Waals surface area contributed by atoms with Crippen LogP contribution in [0.25, 0.3) is 0 Å². The molecule has 16 heavy (non-hydrogen) atoms. The SMILES string of the molecule is CC(C)(C)C#CC1SCC(C(C)(C)C)CS1. The average molecular weight is 256 g/mol. The van der Waals surface area contributed by atoms with Gasteiger partial charge in [-0.05, 0) is 43.6 Å². The lowest BCUT2D eigenvalue weighted by atomic mass is 9.83. The van der Waals surface area contributed by atoms with Gasteiger partial charge < -0.3 is 0 Å². The minimum atomic E-state index is 0.141. The molecule has 1 aliphatic rings. The van der Waals surface area contributed by atoms with Crippen LogP contribution in [0.3, 0.4) is 0 Å². The van der Waals surface area contributed by atoms with Gasteiger partial charge in [0.25, 0.3) is 0 Å². The number of thioether (sulfide) groups is 2. The third kappa shape index (κ3) is 5.06. The van der Waals surface area contributed by atoms with E-state index in [1.807, 2.05) is 23.5 Å². The average Bonchev–Trinajstić information content (AvgIpc) is 2.13. The lowest BCUT2D eigenvalue weighted by molar-refractivity contribution is 0.293. The van der Waals surface area contributed by atoms with Gasteiger partial charge in [0.1, 0.15) is 4.58 Å². The standard InChI is InChI=1S/C14H24S2/c1-13(2,3)8-7-12-15-9-11(10-16-12)14(4,5)6/h11-12H,9-10H2,1-6H3. The maximum Gasteiger partial charge on any atom is 0.111 e. The predicted octanol–water partition coefficient (Wildman–Crippen LogP) is 4.50. The predicted molar refractivity (Wildman–Crippen MR) is 78.9 cm³/mol. The zero-order chi connectivity index (χ0) is 12.4. The van der Waals surface area contributed by atoms with Gasteiger partial charge in [-0.15, -0.1) is 23.5 Å². The molecule has 92 valence electrons. The Labute approximate surface area is 110 Å². The molecule has 0 N–H and O–H groups in total. The smallest absolute Gasteiger partial charge is 0.111 e. The first-order valence-corrected chi connectivity index (χ1v) is 8.04. The Morgan fingerprint density at radius 2 is 1.44 bits per heavy atom. The zero-order valence-electron chi connectivity index (χ0n) is 11.4. The van der Waals surface area contributed by atoms with Gasteiger partial charge >= 0.3 is 0 Å². The molecular formula is C14H24S2. The van der Waals surface area contributed by atoms with Crippen molar-refractivity contribution in [3.05, 3.63) is 0 Å². The largest absolute Gasteiger partial charge is 0.134 e. The molecule has 0 aromatic rings. The van der Waals surface area contributed by atoms with E-state index < -0.39 is 0 Å². The van der Waals surface area contributed by atoms with E-state index in [-0.39, 0.29) is 5.41 Å². The van der Waals surface area contributed by atoms with Crippen molar-refractivity contribution < 1.29 is 0 Å². The van der Waals surface area contributed by atoms with Crippen molar-refractivity contribution in [2.45, 2.75) is 46.1 Å².